The Morgan fingerprint density at radius 3 is 2.65 bits per heavy atom. The lowest BCUT2D eigenvalue weighted by Gasteiger charge is -2.08. The van der Waals surface area contributed by atoms with Crippen molar-refractivity contribution in [2.45, 2.75) is 25.6 Å². The molecule has 20 heavy (non-hydrogen) atoms. The van der Waals surface area contributed by atoms with Gasteiger partial charge in [-0.15, -0.1) is 0 Å². The van der Waals surface area contributed by atoms with Gasteiger partial charge >= 0.3 is 6.18 Å². The molecule has 110 valence electrons. The third-order valence-electron chi connectivity index (χ3n) is 2.38. The van der Waals surface area contributed by atoms with Gasteiger partial charge in [0.25, 0.3) is 0 Å². The van der Waals surface area contributed by atoms with Crippen LogP contribution in [0.3, 0.4) is 0 Å². The molecular weight excluding hydrogens is 276 g/mol. The van der Waals surface area contributed by atoms with E-state index >= 15 is 0 Å². The summed E-state index contributed by atoms with van der Waals surface area (Å²) in [5.41, 5.74) is 0.925. The second kappa shape index (κ2) is 7.88. The molecule has 0 aliphatic rings. The lowest BCUT2D eigenvalue weighted by Crippen LogP contribution is -2.09. The SMILES string of the molecule is OCC#Cc1cc(F)ccc1COCCCC(F)(F)F. The molecule has 6 heteroatoms. The van der Waals surface area contributed by atoms with Gasteiger partial charge in [-0.1, -0.05) is 17.9 Å². The number of aliphatic hydroxyl groups excluding tert-OH is 1. The maximum atomic E-state index is 13.1. The molecule has 0 fully saturated rings. The number of hydrogen-bond donors (Lipinski definition) is 1. The van der Waals surface area contributed by atoms with Crippen LogP contribution in [0.15, 0.2) is 18.2 Å². The molecule has 1 rings (SSSR count). The van der Waals surface area contributed by atoms with E-state index in [9.17, 15) is 17.6 Å². The normalized spacial score (nSPS) is 11.1. The molecular formula is C14H14F4O2. The monoisotopic (exact) mass is 290 g/mol. The van der Waals surface area contributed by atoms with Crippen molar-refractivity contribution in [2.75, 3.05) is 13.2 Å². The van der Waals surface area contributed by atoms with Crippen molar-refractivity contribution >= 4 is 0 Å². The lowest BCUT2D eigenvalue weighted by atomic mass is 10.1. The number of benzene rings is 1. The Morgan fingerprint density at radius 2 is 2.00 bits per heavy atom. The molecule has 0 heterocycles. The standard InChI is InChI=1S/C14H14F4O2/c15-13-5-4-12(11(9-13)3-1-7-19)10-20-8-2-6-14(16,17)18/h4-5,9,19H,2,6-8,10H2. The third kappa shape index (κ3) is 6.55. The molecule has 0 spiro atoms. The molecule has 0 aliphatic carbocycles. The van der Waals surface area contributed by atoms with E-state index in [1.165, 1.54) is 18.2 Å². The van der Waals surface area contributed by atoms with E-state index < -0.39 is 18.4 Å². The molecule has 0 amide bonds. The maximum absolute atomic E-state index is 13.1. The number of ether oxygens (including phenoxy) is 1. The summed E-state index contributed by atoms with van der Waals surface area (Å²) in [4.78, 5) is 0. The highest BCUT2D eigenvalue weighted by molar-refractivity contribution is 5.41. The lowest BCUT2D eigenvalue weighted by molar-refractivity contribution is -0.138. The van der Waals surface area contributed by atoms with Crippen LogP contribution in [0.5, 0.6) is 0 Å². The molecule has 0 aromatic heterocycles. The minimum atomic E-state index is -4.18. The van der Waals surface area contributed by atoms with Crippen LogP contribution in [0.1, 0.15) is 24.0 Å². The molecule has 0 bridgehead atoms. The van der Waals surface area contributed by atoms with Gasteiger partial charge in [-0.3, -0.25) is 0 Å². The first kappa shape index (κ1) is 16.5. The molecule has 0 unspecified atom stereocenters. The van der Waals surface area contributed by atoms with Crippen LogP contribution in [0.4, 0.5) is 17.6 Å². The van der Waals surface area contributed by atoms with Gasteiger partial charge in [-0.25, -0.2) is 4.39 Å². The van der Waals surface area contributed by atoms with Gasteiger partial charge < -0.3 is 9.84 Å². The largest absolute Gasteiger partial charge is 0.389 e. The zero-order chi connectivity index (χ0) is 15.0. The number of rotatable bonds is 5. The summed E-state index contributed by atoms with van der Waals surface area (Å²) in [5, 5.41) is 8.60. The molecule has 0 radical (unpaired) electrons. The molecule has 2 nitrogen and oxygen atoms in total. The molecule has 0 saturated heterocycles. The number of alkyl halides is 3. The number of hydrogen-bond acceptors (Lipinski definition) is 2. The van der Waals surface area contributed by atoms with E-state index in [2.05, 4.69) is 11.8 Å². The topological polar surface area (TPSA) is 29.5 Å². The van der Waals surface area contributed by atoms with Crippen molar-refractivity contribution < 1.29 is 27.4 Å². The molecule has 1 aromatic rings. The van der Waals surface area contributed by atoms with Crippen LogP contribution in [-0.4, -0.2) is 24.5 Å². The third-order valence-corrected chi connectivity index (χ3v) is 2.38. The molecule has 0 aliphatic heterocycles. The fourth-order valence-corrected chi connectivity index (χ4v) is 1.48. The first-order valence-electron chi connectivity index (χ1n) is 5.95. The average Bonchev–Trinajstić information content (AvgIpc) is 2.36. The van der Waals surface area contributed by atoms with Gasteiger partial charge in [0.15, 0.2) is 0 Å². The van der Waals surface area contributed by atoms with Crippen molar-refractivity contribution in [3.63, 3.8) is 0 Å². The van der Waals surface area contributed by atoms with Crippen LogP contribution in [-0.2, 0) is 11.3 Å². The van der Waals surface area contributed by atoms with Gasteiger partial charge in [0.2, 0.25) is 0 Å². The minimum Gasteiger partial charge on any atom is -0.384 e. The van der Waals surface area contributed by atoms with Crippen molar-refractivity contribution in [2.24, 2.45) is 0 Å². The molecule has 1 aromatic carbocycles. The van der Waals surface area contributed by atoms with Crippen LogP contribution in [0.2, 0.25) is 0 Å². The summed E-state index contributed by atoms with van der Waals surface area (Å²) >= 11 is 0. The molecule has 0 atom stereocenters. The van der Waals surface area contributed by atoms with Gasteiger partial charge in [-0.05, 0) is 24.1 Å². The zero-order valence-electron chi connectivity index (χ0n) is 10.6. The van der Waals surface area contributed by atoms with E-state index in [1.54, 1.807) is 0 Å². The highest BCUT2D eigenvalue weighted by Gasteiger charge is 2.25. The van der Waals surface area contributed by atoms with Gasteiger partial charge in [0.05, 0.1) is 6.61 Å². The second-order valence-corrected chi connectivity index (χ2v) is 4.03. The fraction of sp³-hybridized carbons (Fsp3) is 0.429. The van der Waals surface area contributed by atoms with Crippen LogP contribution in [0.25, 0.3) is 0 Å². The van der Waals surface area contributed by atoms with Gasteiger partial charge in [0, 0.05) is 18.6 Å². The summed E-state index contributed by atoms with van der Waals surface area (Å²) in [6.07, 6.45) is -5.20. The Balaban J connectivity index is 2.51. The van der Waals surface area contributed by atoms with Crippen molar-refractivity contribution in [3.05, 3.63) is 35.1 Å². The van der Waals surface area contributed by atoms with E-state index in [-0.39, 0.29) is 26.2 Å². The first-order valence-corrected chi connectivity index (χ1v) is 5.95. The van der Waals surface area contributed by atoms with Gasteiger partial charge in [-0.2, -0.15) is 13.2 Å². The molecule has 0 saturated carbocycles. The predicted octanol–water partition coefficient (Wildman–Crippen LogP) is 3.03. The van der Waals surface area contributed by atoms with Crippen molar-refractivity contribution in [1.29, 1.82) is 0 Å². The van der Waals surface area contributed by atoms with Crippen LogP contribution < -0.4 is 0 Å². The van der Waals surface area contributed by atoms with Crippen LogP contribution >= 0.6 is 0 Å². The Labute approximate surface area is 114 Å². The summed E-state index contributed by atoms with van der Waals surface area (Å²) in [6.45, 7) is -0.347. The van der Waals surface area contributed by atoms with Gasteiger partial charge in [0.1, 0.15) is 12.4 Å². The minimum absolute atomic E-state index is 0.0379. The Bertz CT molecular complexity index is 486. The maximum Gasteiger partial charge on any atom is 0.389 e. The summed E-state index contributed by atoms with van der Waals surface area (Å²) in [5.74, 6) is 4.48. The number of aliphatic hydroxyl groups is 1. The first-order chi connectivity index (χ1) is 9.42. The van der Waals surface area contributed by atoms with Crippen molar-refractivity contribution in [1.82, 2.24) is 0 Å². The van der Waals surface area contributed by atoms with E-state index in [0.29, 0.717) is 11.1 Å². The van der Waals surface area contributed by atoms with E-state index in [4.69, 9.17) is 9.84 Å². The predicted molar refractivity (Wildman–Crippen MR) is 65.3 cm³/mol. The van der Waals surface area contributed by atoms with Crippen molar-refractivity contribution in [3.8, 4) is 11.8 Å². The second-order valence-electron chi connectivity index (χ2n) is 4.03. The van der Waals surface area contributed by atoms with Crippen LogP contribution in [0, 0.1) is 17.7 Å². The zero-order valence-corrected chi connectivity index (χ0v) is 10.6. The summed E-state index contributed by atoms with van der Waals surface area (Å²) < 4.78 is 53.9. The quantitative estimate of drug-likeness (QED) is 0.513. The fourth-order valence-electron chi connectivity index (χ4n) is 1.48. The number of halogens is 4. The Hall–Kier alpha value is -1.58. The molecule has 1 N–H and O–H groups in total. The highest BCUT2D eigenvalue weighted by Crippen LogP contribution is 2.21. The smallest absolute Gasteiger partial charge is 0.384 e. The Kier molecular flexibility index (Phi) is 6.49. The summed E-state index contributed by atoms with van der Waals surface area (Å²) in [7, 11) is 0. The highest BCUT2D eigenvalue weighted by atomic mass is 19.4. The Morgan fingerprint density at radius 1 is 1.25 bits per heavy atom. The van der Waals surface area contributed by atoms with E-state index in [0.717, 1.165) is 0 Å². The summed E-state index contributed by atoms with van der Waals surface area (Å²) in [6, 6.07) is 3.87. The van der Waals surface area contributed by atoms with E-state index in [1.807, 2.05) is 0 Å². The average molecular weight is 290 g/mol.